The Morgan fingerprint density at radius 1 is 1.26 bits per heavy atom. The third-order valence-electron chi connectivity index (χ3n) is 3.09. The van der Waals surface area contributed by atoms with Crippen molar-refractivity contribution in [3.8, 4) is 5.88 Å². The number of nitrogens with one attached hydrogen (secondary N) is 1. The van der Waals surface area contributed by atoms with Crippen molar-refractivity contribution in [2.24, 2.45) is 0 Å². The van der Waals surface area contributed by atoms with Crippen LogP contribution in [0, 0.1) is 0 Å². The Morgan fingerprint density at radius 2 is 2.05 bits per heavy atom. The molecule has 19 heavy (non-hydrogen) atoms. The van der Waals surface area contributed by atoms with Crippen LogP contribution >= 0.6 is 0 Å². The highest BCUT2D eigenvalue weighted by Crippen LogP contribution is 2.39. The Bertz CT molecular complexity index is 555. The van der Waals surface area contributed by atoms with Gasteiger partial charge in [-0.1, -0.05) is 0 Å². The molecule has 1 saturated carbocycles. The van der Waals surface area contributed by atoms with Crippen LogP contribution in [0.1, 0.15) is 30.1 Å². The monoisotopic (exact) mass is 256 g/mol. The molecule has 5 nitrogen and oxygen atoms in total. The van der Waals surface area contributed by atoms with Gasteiger partial charge < -0.3 is 10.1 Å². The second kappa shape index (κ2) is 5.22. The molecule has 3 rings (SSSR count). The van der Waals surface area contributed by atoms with Gasteiger partial charge in [0.2, 0.25) is 5.88 Å². The first-order valence-electron chi connectivity index (χ1n) is 6.41. The van der Waals surface area contributed by atoms with Gasteiger partial charge >= 0.3 is 0 Å². The number of methoxy groups -OCH3 is 1. The SMILES string of the molecule is COc1cc(NCc2ccncc2)nc(C2CC2)n1. The normalized spacial score (nSPS) is 14.2. The third kappa shape index (κ3) is 2.99. The second-order valence-electron chi connectivity index (χ2n) is 4.64. The minimum atomic E-state index is 0.511. The van der Waals surface area contributed by atoms with Gasteiger partial charge in [0, 0.05) is 30.9 Å². The smallest absolute Gasteiger partial charge is 0.218 e. The van der Waals surface area contributed by atoms with Crippen molar-refractivity contribution in [1.82, 2.24) is 15.0 Å². The van der Waals surface area contributed by atoms with E-state index >= 15 is 0 Å². The molecule has 0 aliphatic heterocycles. The zero-order valence-corrected chi connectivity index (χ0v) is 10.8. The average Bonchev–Trinajstić information content (AvgIpc) is 3.30. The highest BCUT2D eigenvalue weighted by atomic mass is 16.5. The number of anilines is 1. The molecule has 0 aromatic carbocycles. The van der Waals surface area contributed by atoms with Crippen molar-refractivity contribution in [1.29, 1.82) is 0 Å². The second-order valence-corrected chi connectivity index (χ2v) is 4.64. The molecule has 2 aromatic rings. The summed E-state index contributed by atoms with van der Waals surface area (Å²) in [5, 5.41) is 3.30. The van der Waals surface area contributed by atoms with Gasteiger partial charge in [-0.15, -0.1) is 0 Å². The van der Waals surface area contributed by atoms with Crippen molar-refractivity contribution < 1.29 is 4.74 Å². The van der Waals surface area contributed by atoms with E-state index in [9.17, 15) is 0 Å². The van der Waals surface area contributed by atoms with Crippen LogP contribution in [-0.2, 0) is 6.54 Å². The number of nitrogens with zero attached hydrogens (tertiary/aromatic N) is 3. The lowest BCUT2D eigenvalue weighted by molar-refractivity contribution is 0.395. The molecule has 0 radical (unpaired) electrons. The highest BCUT2D eigenvalue weighted by Gasteiger charge is 2.27. The zero-order chi connectivity index (χ0) is 13.1. The Balaban J connectivity index is 1.74. The van der Waals surface area contributed by atoms with Crippen molar-refractivity contribution in [2.75, 3.05) is 12.4 Å². The Labute approximate surface area is 112 Å². The molecule has 0 saturated heterocycles. The molecule has 1 fully saturated rings. The van der Waals surface area contributed by atoms with Gasteiger partial charge in [-0.2, -0.15) is 4.98 Å². The predicted molar refractivity (Wildman–Crippen MR) is 72.1 cm³/mol. The van der Waals surface area contributed by atoms with Gasteiger partial charge in [-0.25, -0.2) is 4.98 Å². The van der Waals surface area contributed by atoms with Crippen LogP contribution in [-0.4, -0.2) is 22.1 Å². The number of ether oxygens (including phenoxy) is 1. The summed E-state index contributed by atoms with van der Waals surface area (Å²) in [4.78, 5) is 12.9. The van der Waals surface area contributed by atoms with Crippen LogP contribution in [0.25, 0.3) is 0 Å². The van der Waals surface area contributed by atoms with Crippen molar-refractivity contribution >= 4 is 5.82 Å². The quantitative estimate of drug-likeness (QED) is 0.890. The summed E-state index contributed by atoms with van der Waals surface area (Å²) in [7, 11) is 1.63. The minimum absolute atomic E-state index is 0.511. The van der Waals surface area contributed by atoms with E-state index in [0.717, 1.165) is 11.6 Å². The molecule has 5 heteroatoms. The molecule has 98 valence electrons. The first kappa shape index (κ1) is 11.9. The molecule has 2 aromatic heterocycles. The number of hydrogen-bond donors (Lipinski definition) is 1. The Morgan fingerprint density at radius 3 is 2.74 bits per heavy atom. The number of rotatable bonds is 5. The van der Waals surface area contributed by atoms with Gasteiger partial charge in [-0.05, 0) is 30.5 Å². The predicted octanol–water partition coefficient (Wildman–Crippen LogP) is 2.37. The van der Waals surface area contributed by atoms with Crippen LogP contribution in [0.15, 0.2) is 30.6 Å². The van der Waals surface area contributed by atoms with E-state index in [1.165, 1.54) is 18.4 Å². The number of pyridine rings is 1. The lowest BCUT2D eigenvalue weighted by atomic mass is 10.3. The molecular weight excluding hydrogens is 240 g/mol. The maximum atomic E-state index is 5.22. The molecule has 1 aliphatic rings. The molecule has 2 heterocycles. The molecular formula is C14H16N4O. The van der Waals surface area contributed by atoms with E-state index < -0.39 is 0 Å². The fourth-order valence-corrected chi connectivity index (χ4v) is 1.86. The first-order valence-corrected chi connectivity index (χ1v) is 6.41. The highest BCUT2D eigenvalue weighted by molar-refractivity contribution is 5.40. The maximum absolute atomic E-state index is 5.22. The van der Waals surface area contributed by atoms with Gasteiger partial charge in [0.1, 0.15) is 11.6 Å². The molecule has 0 amide bonds. The Kier molecular flexibility index (Phi) is 3.27. The largest absolute Gasteiger partial charge is 0.481 e. The zero-order valence-electron chi connectivity index (χ0n) is 10.8. The van der Waals surface area contributed by atoms with Crippen molar-refractivity contribution in [2.45, 2.75) is 25.3 Å². The summed E-state index contributed by atoms with van der Waals surface area (Å²) in [5.41, 5.74) is 1.17. The fraction of sp³-hybridized carbons (Fsp3) is 0.357. The van der Waals surface area contributed by atoms with E-state index in [2.05, 4.69) is 20.3 Å². The molecule has 1 N–H and O–H groups in total. The number of hydrogen-bond acceptors (Lipinski definition) is 5. The van der Waals surface area contributed by atoms with Gasteiger partial charge in [0.25, 0.3) is 0 Å². The van der Waals surface area contributed by atoms with Crippen LogP contribution in [0.3, 0.4) is 0 Å². The van der Waals surface area contributed by atoms with E-state index in [4.69, 9.17) is 4.74 Å². The lowest BCUT2D eigenvalue weighted by Gasteiger charge is -2.09. The average molecular weight is 256 g/mol. The molecule has 0 bridgehead atoms. The van der Waals surface area contributed by atoms with Gasteiger partial charge in [0.05, 0.1) is 7.11 Å². The summed E-state index contributed by atoms with van der Waals surface area (Å²) < 4.78 is 5.22. The Hall–Kier alpha value is -2.17. The summed E-state index contributed by atoms with van der Waals surface area (Å²) in [6, 6.07) is 5.79. The van der Waals surface area contributed by atoms with E-state index in [1.54, 1.807) is 19.5 Å². The minimum Gasteiger partial charge on any atom is -0.481 e. The van der Waals surface area contributed by atoms with Crippen LogP contribution in [0.5, 0.6) is 5.88 Å². The third-order valence-corrected chi connectivity index (χ3v) is 3.09. The topological polar surface area (TPSA) is 59.9 Å². The maximum Gasteiger partial charge on any atom is 0.218 e. The molecule has 0 unspecified atom stereocenters. The van der Waals surface area contributed by atoms with E-state index in [0.29, 0.717) is 18.3 Å². The fourth-order valence-electron chi connectivity index (χ4n) is 1.86. The summed E-state index contributed by atoms with van der Waals surface area (Å²) >= 11 is 0. The summed E-state index contributed by atoms with van der Waals surface area (Å²) in [6.07, 6.45) is 5.92. The number of aromatic nitrogens is 3. The van der Waals surface area contributed by atoms with Crippen molar-refractivity contribution in [3.63, 3.8) is 0 Å². The molecule has 0 atom stereocenters. The lowest BCUT2D eigenvalue weighted by Crippen LogP contribution is -2.05. The van der Waals surface area contributed by atoms with Crippen LogP contribution in [0.4, 0.5) is 5.82 Å². The summed E-state index contributed by atoms with van der Waals surface area (Å²) in [5.74, 6) is 2.83. The van der Waals surface area contributed by atoms with Gasteiger partial charge in [-0.3, -0.25) is 4.98 Å². The van der Waals surface area contributed by atoms with Crippen LogP contribution < -0.4 is 10.1 Å². The summed E-state index contributed by atoms with van der Waals surface area (Å²) in [6.45, 7) is 0.715. The van der Waals surface area contributed by atoms with Crippen LogP contribution in [0.2, 0.25) is 0 Å². The van der Waals surface area contributed by atoms with E-state index in [1.807, 2.05) is 18.2 Å². The molecule has 1 aliphatic carbocycles. The standard InChI is InChI=1S/C14H16N4O/c1-19-13-8-12(17-14(18-13)11-2-3-11)16-9-10-4-6-15-7-5-10/h4-8,11H,2-3,9H2,1H3,(H,16,17,18). The van der Waals surface area contributed by atoms with Gasteiger partial charge in [0.15, 0.2) is 0 Å². The van der Waals surface area contributed by atoms with E-state index in [-0.39, 0.29) is 0 Å². The van der Waals surface area contributed by atoms with Crippen molar-refractivity contribution in [3.05, 3.63) is 42.0 Å². The molecule has 0 spiro atoms. The first-order chi connectivity index (χ1) is 9.35.